The standard InChI is InChI=1S/C11H12INO3/c12-8-3-1-2-4-9(8)13-11(14)10-7-15-5-6-16-10/h1-4,10H,5-7H2,(H,13,14)/t10-/m0/s1. The van der Waals surface area contributed by atoms with E-state index in [-0.39, 0.29) is 5.91 Å². The Morgan fingerprint density at radius 1 is 1.38 bits per heavy atom. The average molecular weight is 333 g/mol. The van der Waals surface area contributed by atoms with E-state index in [0.717, 1.165) is 9.26 Å². The fourth-order valence-electron chi connectivity index (χ4n) is 1.41. The molecule has 1 aromatic carbocycles. The van der Waals surface area contributed by atoms with Gasteiger partial charge in [-0.05, 0) is 34.7 Å². The van der Waals surface area contributed by atoms with E-state index in [1.807, 2.05) is 24.3 Å². The third kappa shape index (κ3) is 2.93. The van der Waals surface area contributed by atoms with Gasteiger partial charge in [0.1, 0.15) is 0 Å². The molecule has 16 heavy (non-hydrogen) atoms. The van der Waals surface area contributed by atoms with Crippen LogP contribution in [0.15, 0.2) is 24.3 Å². The van der Waals surface area contributed by atoms with Crippen molar-refractivity contribution in [3.05, 3.63) is 27.8 Å². The number of para-hydroxylation sites is 1. The van der Waals surface area contributed by atoms with Gasteiger partial charge >= 0.3 is 0 Å². The SMILES string of the molecule is O=C(Nc1ccccc1I)[C@@H]1COCCO1. The van der Waals surface area contributed by atoms with Gasteiger partial charge in [-0.3, -0.25) is 4.79 Å². The van der Waals surface area contributed by atoms with Gasteiger partial charge in [0.25, 0.3) is 5.91 Å². The molecule has 1 N–H and O–H groups in total. The Morgan fingerprint density at radius 2 is 2.19 bits per heavy atom. The number of carbonyl (C=O) groups is 1. The molecule has 0 bridgehead atoms. The van der Waals surface area contributed by atoms with Crippen LogP contribution in [0.25, 0.3) is 0 Å². The quantitative estimate of drug-likeness (QED) is 0.838. The van der Waals surface area contributed by atoms with E-state index in [1.54, 1.807) is 0 Å². The lowest BCUT2D eigenvalue weighted by molar-refractivity contribution is -0.142. The summed E-state index contributed by atoms with van der Waals surface area (Å²) >= 11 is 2.18. The molecule has 5 heteroatoms. The highest BCUT2D eigenvalue weighted by Gasteiger charge is 2.22. The number of amides is 1. The maximum Gasteiger partial charge on any atom is 0.255 e. The molecule has 1 saturated heterocycles. The van der Waals surface area contributed by atoms with Crippen LogP contribution >= 0.6 is 22.6 Å². The lowest BCUT2D eigenvalue weighted by Crippen LogP contribution is -2.39. The Bertz CT molecular complexity index is 377. The van der Waals surface area contributed by atoms with Crippen molar-refractivity contribution >= 4 is 34.2 Å². The minimum absolute atomic E-state index is 0.149. The summed E-state index contributed by atoms with van der Waals surface area (Å²) < 4.78 is 11.5. The van der Waals surface area contributed by atoms with Crippen molar-refractivity contribution in [1.82, 2.24) is 0 Å². The van der Waals surface area contributed by atoms with Crippen LogP contribution in [-0.4, -0.2) is 31.8 Å². The van der Waals surface area contributed by atoms with Crippen LogP contribution in [0, 0.1) is 3.57 Å². The smallest absolute Gasteiger partial charge is 0.255 e. The highest BCUT2D eigenvalue weighted by molar-refractivity contribution is 14.1. The van der Waals surface area contributed by atoms with Gasteiger partial charge in [-0.2, -0.15) is 0 Å². The van der Waals surface area contributed by atoms with Crippen molar-refractivity contribution in [2.24, 2.45) is 0 Å². The minimum atomic E-state index is -0.496. The average Bonchev–Trinajstić information content (AvgIpc) is 2.33. The summed E-state index contributed by atoms with van der Waals surface area (Å²) in [5.74, 6) is -0.149. The molecule has 0 spiro atoms. The molecule has 4 nitrogen and oxygen atoms in total. The van der Waals surface area contributed by atoms with E-state index in [2.05, 4.69) is 27.9 Å². The molecule has 86 valence electrons. The molecule has 2 rings (SSSR count). The Labute approximate surface area is 107 Å². The molecule has 1 fully saturated rings. The number of carbonyl (C=O) groups excluding carboxylic acids is 1. The number of rotatable bonds is 2. The van der Waals surface area contributed by atoms with Gasteiger partial charge in [0.15, 0.2) is 6.10 Å². The fraction of sp³-hybridized carbons (Fsp3) is 0.364. The number of halogens is 1. The van der Waals surface area contributed by atoms with Gasteiger partial charge in [0.05, 0.1) is 25.5 Å². The van der Waals surface area contributed by atoms with Crippen molar-refractivity contribution < 1.29 is 14.3 Å². The van der Waals surface area contributed by atoms with Crippen LogP contribution in [0.3, 0.4) is 0 Å². The van der Waals surface area contributed by atoms with Crippen molar-refractivity contribution in [2.75, 3.05) is 25.1 Å². The minimum Gasteiger partial charge on any atom is -0.376 e. The first kappa shape index (κ1) is 11.8. The Hall–Kier alpha value is -0.660. The van der Waals surface area contributed by atoms with E-state index < -0.39 is 6.10 Å². The number of benzene rings is 1. The number of ether oxygens (including phenoxy) is 2. The van der Waals surface area contributed by atoms with Crippen LogP contribution in [0.5, 0.6) is 0 Å². The van der Waals surface area contributed by atoms with E-state index in [9.17, 15) is 4.79 Å². The highest BCUT2D eigenvalue weighted by atomic mass is 127. The van der Waals surface area contributed by atoms with E-state index in [1.165, 1.54) is 0 Å². The predicted molar refractivity (Wildman–Crippen MR) is 68.3 cm³/mol. The lowest BCUT2D eigenvalue weighted by atomic mass is 10.3. The zero-order valence-electron chi connectivity index (χ0n) is 8.61. The van der Waals surface area contributed by atoms with Gasteiger partial charge in [-0.25, -0.2) is 0 Å². The van der Waals surface area contributed by atoms with E-state index in [4.69, 9.17) is 9.47 Å². The number of hydrogen-bond acceptors (Lipinski definition) is 3. The molecular formula is C11H12INO3. The van der Waals surface area contributed by atoms with Crippen LogP contribution in [0.2, 0.25) is 0 Å². The summed E-state index contributed by atoms with van der Waals surface area (Å²) in [6.45, 7) is 1.37. The summed E-state index contributed by atoms with van der Waals surface area (Å²) in [7, 11) is 0. The monoisotopic (exact) mass is 333 g/mol. The van der Waals surface area contributed by atoms with Crippen LogP contribution in [-0.2, 0) is 14.3 Å². The molecule has 1 amide bonds. The van der Waals surface area contributed by atoms with Gasteiger partial charge in [0, 0.05) is 3.57 Å². The van der Waals surface area contributed by atoms with Crippen LogP contribution in [0.1, 0.15) is 0 Å². The van der Waals surface area contributed by atoms with Crippen LogP contribution < -0.4 is 5.32 Å². The molecule has 0 aromatic heterocycles. The summed E-state index contributed by atoms with van der Waals surface area (Å²) in [4.78, 5) is 11.8. The zero-order valence-corrected chi connectivity index (χ0v) is 10.8. The zero-order chi connectivity index (χ0) is 11.4. The molecule has 0 aliphatic carbocycles. The maximum atomic E-state index is 11.8. The Balaban J connectivity index is 1.99. The Morgan fingerprint density at radius 3 is 2.88 bits per heavy atom. The first-order valence-corrected chi connectivity index (χ1v) is 6.10. The second kappa shape index (κ2) is 5.60. The van der Waals surface area contributed by atoms with E-state index in [0.29, 0.717) is 19.8 Å². The summed E-state index contributed by atoms with van der Waals surface area (Å²) in [6, 6.07) is 7.62. The van der Waals surface area contributed by atoms with Gasteiger partial charge < -0.3 is 14.8 Å². The summed E-state index contributed by atoms with van der Waals surface area (Å²) in [5.41, 5.74) is 0.808. The van der Waals surface area contributed by atoms with Crippen molar-refractivity contribution in [1.29, 1.82) is 0 Å². The third-order valence-corrected chi connectivity index (χ3v) is 3.18. The van der Waals surface area contributed by atoms with Crippen molar-refractivity contribution in [2.45, 2.75) is 6.10 Å². The summed E-state index contributed by atoms with van der Waals surface area (Å²) in [5, 5.41) is 2.83. The molecule has 1 aliphatic rings. The molecular weight excluding hydrogens is 321 g/mol. The first-order chi connectivity index (χ1) is 7.77. The van der Waals surface area contributed by atoms with Crippen LogP contribution in [0.4, 0.5) is 5.69 Å². The molecule has 0 radical (unpaired) electrons. The second-order valence-corrected chi connectivity index (χ2v) is 4.57. The largest absolute Gasteiger partial charge is 0.376 e. The van der Waals surface area contributed by atoms with Crippen molar-refractivity contribution in [3.8, 4) is 0 Å². The predicted octanol–water partition coefficient (Wildman–Crippen LogP) is 1.65. The fourth-order valence-corrected chi connectivity index (χ4v) is 1.94. The second-order valence-electron chi connectivity index (χ2n) is 3.40. The summed E-state index contributed by atoms with van der Waals surface area (Å²) in [6.07, 6.45) is -0.496. The topological polar surface area (TPSA) is 47.6 Å². The molecule has 1 heterocycles. The maximum absolute atomic E-state index is 11.8. The first-order valence-electron chi connectivity index (χ1n) is 5.02. The third-order valence-electron chi connectivity index (χ3n) is 2.24. The van der Waals surface area contributed by atoms with E-state index >= 15 is 0 Å². The normalized spacial score (nSPS) is 20.4. The number of hydrogen-bond donors (Lipinski definition) is 1. The molecule has 0 saturated carbocycles. The van der Waals surface area contributed by atoms with Gasteiger partial charge in [-0.15, -0.1) is 0 Å². The Kier molecular flexibility index (Phi) is 4.14. The molecule has 0 unspecified atom stereocenters. The van der Waals surface area contributed by atoms with Gasteiger partial charge in [0.2, 0.25) is 0 Å². The number of anilines is 1. The molecule has 1 atom stereocenters. The molecule has 1 aromatic rings. The van der Waals surface area contributed by atoms with Gasteiger partial charge in [-0.1, -0.05) is 12.1 Å². The highest BCUT2D eigenvalue weighted by Crippen LogP contribution is 2.17. The lowest BCUT2D eigenvalue weighted by Gasteiger charge is -2.22. The molecule has 1 aliphatic heterocycles. The van der Waals surface area contributed by atoms with Crippen molar-refractivity contribution in [3.63, 3.8) is 0 Å². The number of nitrogens with one attached hydrogen (secondary N) is 1.